The van der Waals surface area contributed by atoms with Crippen molar-refractivity contribution in [2.45, 2.75) is 5.03 Å². The Kier molecular flexibility index (Phi) is 2.80. The molecule has 0 fully saturated rings. The molecule has 0 spiro atoms. The van der Waals surface area contributed by atoms with Crippen molar-refractivity contribution < 1.29 is 4.92 Å². The fraction of sp³-hybridized carbons (Fsp3) is 0. The molecule has 68 valence electrons. The maximum atomic E-state index is 10.2. The molecule has 0 aromatic carbocycles. The Balaban J connectivity index is 2.81. The number of pyridine rings is 1. The number of nitro groups is 1. The third-order valence-corrected chi connectivity index (χ3v) is 1.82. The molecule has 0 aliphatic heterocycles. The van der Waals surface area contributed by atoms with Crippen molar-refractivity contribution in [3.05, 3.63) is 28.4 Å². The Labute approximate surface area is 77.8 Å². The van der Waals surface area contributed by atoms with Gasteiger partial charge >= 0.3 is 0 Å². The normalized spacial score (nSPS) is 9.54. The van der Waals surface area contributed by atoms with E-state index < -0.39 is 4.92 Å². The predicted molar refractivity (Wildman–Crippen MR) is 48.7 cm³/mol. The summed E-state index contributed by atoms with van der Waals surface area (Å²) in [5.74, 6) is 0. The fourth-order valence-corrected chi connectivity index (χ4v) is 1.12. The number of hydrogen-bond donors (Lipinski definition) is 2. The maximum absolute atomic E-state index is 10.2. The first kappa shape index (κ1) is 9.46. The van der Waals surface area contributed by atoms with Crippen molar-refractivity contribution in [3.8, 4) is 0 Å². The topological polar surface area (TPSA) is 106 Å². The van der Waals surface area contributed by atoms with E-state index in [1.807, 2.05) is 0 Å². The molecule has 13 heavy (non-hydrogen) atoms. The molecular formula is C6H6N4O2S. The smallest absolute Gasteiger partial charge is 0.287 e. The van der Waals surface area contributed by atoms with Crippen LogP contribution >= 0.6 is 11.8 Å². The molecule has 1 aromatic rings. The average Bonchev–Trinajstić information content (AvgIpc) is 2.04. The van der Waals surface area contributed by atoms with Crippen LogP contribution in [-0.2, 0) is 0 Å². The van der Waals surface area contributed by atoms with Crippen LogP contribution in [-0.4, -0.2) is 15.1 Å². The van der Waals surface area contributed by atoms with E-state index in [4.69, 9.17) is 11.1 Å². The Hall–Kier alpha value is -1.63. The molecule has 0 atom stereocenters. The lowest BCUT2D eigenvalue weighted by molar-refractivity contribution is -0.385. The van der Waals surface area contributed by atoms with Gasteiger partial charge in [0.2, 0.25) is 0 Å². The SMILES string of the molecule is N=C(N)Sc1ccc([N+](=O)[O-])cn1. The van der Waals surface area contributed by atoms with E-state index in [2.05, 4.69) is 4.98 Å². The predicted octanol–water partition coefficient (Wildman–Crippen LogP) is 0.975. The van der Waals surface area contributed by atoms with Gasteiger partial charge in [-0.1, -0.05) is 0 Å². The second-order valence-electron chi connectivity index (χ2n) is 2.08. The van der Waals surface area contributed by atoms with Crippen LogP contribution in [0, 0.1) is 15.5 Å². The zero-order valence-corrected chi connectivity index (χ0v) is 7.25. The number of nitrogens with zero attached hydrogens (tertiary/aromatic N) is 2. The fourth-order valence-electron chi connectivity index (χ4n) is 0.654. The first-order chi connectivity index (χ1) is 6.09. The van der Waals surface area contributed by atoms with Crippen LogP contribution in [0.1, 0.15) is 0 Å². The summed E-state index contributed by atoms with van der Waals surface area (Å²) in [7, 11) is 0. The molecule has 0 radical (unpaired) electrons. The molecule has 1 aromatic heterocycles. The molecule has 6 nitrogen and oxygen atoms in total. The van der Waals surface area contributed by atoms with Gasteiger partial charge in [-0.3, -0.25) is 15.5 Å². The number of nitrogens with two attached hydrogens (primary N) is 1. The van der Waals surface area contributed by atoms with Gasteiger partial charge < -0.3 is 5.73 Å². The van der Waals surface area contributed by atoms with E-state index in [9.17, 15) is 10.1 Å². The Morgan fingerprint density at radius 1 is 1.69 bits per heavy atom. The van der Waals surface area contributed by atoms with Gasteiger partial charge in [0.05, 0.1) is 4.92 Å². The zero-order chi connectivity index (χ0) is 9.84. The molecular weight excluding hydrogens is 192 g/mol. The molecule has 1 heterocycles. The van der Waals surface area contributed by atoms with E-state index in [1.165, 1.54) is 12.1 Å². The average molecular weight is 198 g/mol. The highest BCUT2D eigenvalue weighted by Crippen LogP contribution is 2.17. The van der Waals surface area contributed by atoms with Gasteiger partial charge in [0, 0.05) is 6.07 Å². The van der Waals surface area contributed by atoms with Gasteiger partial charge in [-0.2, -0.15) is 0 Å². The van der Waals surface area contributed by atoms with Crippen LogP contribution in [0.2, 0.25) is 0 Å². The van der Waals surface area contributed by atoms with Gasteiger partial charge in [-0.05, 0) is 17.8 Å². The molecule has 0 saturated heterocycles. The van der Waals surface area contributed by atoms with E-state index >= 15 is 0 Å². The summed E-state index contributed by atoms with van der Waals surface area (Å²) in [5.41, 5.74) is 5.02. The summed E-state index contributed by atoms with van der Waals surface area (Å²) in [6.45, 7) is 0. The minimum absolute atomic E-state index is 0.0760. The summed E-state index contributed by atoms with van der Waals surface area (Å²) < 4.78 is 0. The largest absolute Gasteiger partial charge is 0.378 e. The van der Waals surface area contributed by atoms with Gasteiger partial charge in [0.1, 0.15) is 11.2 Å². The van der Waals surface area contributed by atoms with Crippen LogP contribution in [0.3, 0.4) is 0 Å². The highest BCUT2D eigenvalue weighted by molar-refractivity contribution is 8.13. The maximum Gasteiger partial charge on any atom is 0.287 e. The summed E-state index contributed by atoms with van der Waals surface area (Å²) in [6.07, 6.45) is 1.13. The van der Waals surface area contributed by atoms with E-state index in [1.54, 1.807) is 0 Å². The van der Waals surface area contributed by atoms with E-state index in [0.717, 1.165) is 18.0 Å². The van der Waals surface area contributed by atoms with Crippen molar-refractivity contribution in [2.75, 3.05) is 0 Å². The van der Waals surface area contributed by atoms with Crippen LogP contribution in [0.5, 0.6) is 0 Å². The van der Waals surface area contributed by atoms with Crippen LogP contribution in [0.25, 0.3) is 0 Å². The lowest BCUT2D eigenvalue weighted by atomic mass is 10.4. The van der Waals surface area contributed by atoms with Gasteiger partial charge in [0.25, 0.3) is 5.69 Å². The van der Waals surface area contributed by atoms with Crippen molar-refractivity contribution >= 4 is 22.6 Å². The van der Waals surface area contributed by atoms with Crippen molar-refractivity contribution in [2.24, 2.45) is 5.73 Å². The highest BCUT2D eigenvalue weighted by atomic mass is 32.2. The first-order valence-electron chi connectivity index (χ1n) is 3.22. The number of hydrogen-bond acceptors (Lipinski definition) is 5. The molecule has 0 aliphatic rings. The summed E-state index contributed by atoms with van der Waals surface area (Å²) in [6, 6.07) is 2.77. The summed E-state index contributed by atoms with van der Waals surface area (Å²) in [4.78, 5) is 13.4. The molecule has 3 N–H and O–H groups in total. The Morgan fingerprint density at radius 2 is 2.38 bits per heavy atom. The highest BCUT2D eigenvalue weighted by Gasteiger charge is 2.05. The standard InChI is InChI=1S/C6H6N4O2S/c7-6(8)13-5-2-1-4(3-9-5)10(11)12/h1-3H,(H3,7,8). The Morgan fingerprint density at radius 3 is 2.77 bits per heavy atom. The van der Waals surface area contributed by atoms with Crippen molar-refractivity contribution in [1.29, 1.82) is 5.41 Å². The lowest BCUT2D eigenvalue weighted by Gasteiger charge is -1.96. The summed E-state index contributed by atoms with van der Waals surface area (Å²) in [5, 5.41) is 17.5. The zero-order valence-electron chi connectivity index (χ0n) is 6.43. The summed E-state index contributed by atoms with van der Waals surface area (Å²) >= 11 is 0.946. The number of amidine groups is 1. The number of rotatable bonds is 2. The third kappa shape index (κ3) is 2.71. The van der Waals surface area contributed by atoms with Gasteiger partial charge in [-0.15, -0.1) is 0 Å². The minimum atomic E-state index is -0.533. The minimum Gasteiger partial charge on any atom is -0.378 e. The number of thioether (sulfide) groups is 1. The molecule has 0 unspecified atom stereocenters. The number of aromatic nitrogens is 1. The van der Waals surface area contributed by atoms with Crippen LogP contribution in [0.4, 0.5) is 5.69 Å². The first-order valence-corrected chi connectivity index (χ1v) is 4.03. The van der Waals surface area contributed by atoms with Crippen LogP contribution in [0.15, 0.2) is 23.4 Å². The molecule has 1 rings (SSSR count). The molecule has 0 saturated carbocycles. The second-order valence-corrected chi connectivity index (χ2v) is 3.14. The molecule has 0 bridgehead atoms. The van der Waals surface area contributed by atoms with Crippen molar-refractivity contribution in [3.63, 3.8) is 0 Å². The molecule has 0 amide bonds. The van der Waals surface area contributed by atoms with E-state index in [0.29, 0.717) is 5.03 Å². The third-order valence-electron chi connectivity index (χ3n) is 1.15. The lowest BCUT2D eigenvalue weighted by Crippen LogP contribution is -2.03. The monoisotopic (exact) mass is 198 g/mol. The van der Waals surface area contributed by atoms with Crippen molar-refractivity contribution in [1.82, 2.24) is 4.98 Å². The van der Waals surface area contributed by atoms with E-state index in [-0.39, 0.29) is 10.9 Å². The quantitative estimate of drug-likeness (QED) is 0.242. The second kappa shape index (κ2) is 3.85. The molecule has 0 aliphatic carbocycles. The number of nitrogens with one attached hydrogen (secondary N) is 1. The molecule has 7 heteroatoms. The van der Waals surface area contributed by atoms with Gasteiger partial charge in [-0.25, -0.2) is 4.98 Å². The van der Waals surface area contributed by atoms with Crippen LogP contribution < -0.4 is 5.73 Å². The Bertz CT molecular complexity index is 337. The van der Waals surface area contributed by atoms with Gasteiger partial charge in [0.15, 0.2) is 5.17 Å².